The Kier molecular flexibility index (Phi) is 4.35. The number of carbonyl (C=O) groups is 1. The number of carboxylic acids is 1. The molecule has 1 saturated heterocycles. The lowest BCUT2D eigenvalue weighted by molar-refractivity contribution is -0.137. The van der Waals surface area contributed by atoms with Gasteiger partial charge in [0.05, 0.1) is 11.4 Å². The van der Waals surface area contributed by atoms with E-state index in [9.17, 15) is 4.79 Å². The van der Waals surface area contributed by atoms with E-state index in [1.54, 1.807) is 6.20 Å². The zero-order chi connectivity index (χ0) is 13.8. The van der Waals surface area contributed by atoms with Crippen molar-refractivity contribution in [1.82, 2.24) is 9.97 Å². The minimum atomic E-state index is -0.692. The molecule has 2 heterocycles. The normalized spacial score (nSPS) is 16.6. The monoisotopic (exact) mass is 263 g/mol. The van der Waals surface area contributed by atoms with Crippen LogP contribution in [0.1, 0.15) is 37.1 Å². The second-order valence-corrected chi connectivity index (χ2v) is 5.28. The highest BCUT2D eigenvalue weighted by Crippen LogP contribution is 2.26. The summed E-state index contributed by atoms with van der Waals surface area (Å²) in [7, 11) is 0. The van der Waals surface area contributed by atoms with Crippen molar-refractivity contribution >= 4 is 11.8 Å². The smallest absolute Gasteiger partial charge is 0.303 e. The lowest BCUT2D eigenvalue weighted by Gasteiger charge is -2.33. The number of nitrogens with zero attached hydrogens (tertiary/aromatic N) is 3. The number of hydrogen-bond acceptors (Lipinski definition) is 4. The van der Waals surface area contributed by atoms with Gasteiger partial charge in [0.25, 0.3) is 0 Å². The van der Waals surface area contributed by atoms with Crippen molar-refractivity contribution in [3.63, 3.8) is 0 Å². The summed E-state index contributed by atoms with van der Waals surface area (Å²) in [5.74, 6) is 0.824. The van der Waals surface area contributed by atoms with Crippen LogP contribution in [-0.2, 0) is 4.79 Å². The molecule has 1 aliphatic rings. The van der Waals surface area contributed by atoms with Gasteiger partial charge in [-0.1, -0.05) is 0 Å². The van der Waals surface area contributed by atoms with Crippen molar-refractivity contribution in [3.05, 3.63) is 17.6 Å². The van der Waals surface area contributed by atoms with E-state index in [4.69, 9.17) is 5.11 Å². The van der Waals surface area contributed by atoms with Gasteiger partial charge < -0.3 is 10.0 Å². The van der Waals surface area contributed by atoms with Crippen LogP contribution >= 0.6 is 0 Å². The Hall–Kier alpha value is -1.65. The van der Waals surface area contributed by atoms with Crippen LogP contribution in [0.25, 0.3) is 0 Å². The maximum absolute atomic E-state index is 10.6. The van der Waals surface area contributed by atoms with E-state index in [-0.39, 0.29) is 6.42 Å². The van der Waals surface area contributed by atoms with Crippen LogP contribution < -0.4 is 4.90 Å². The van der Waals surface area contributed by atoms with Gasteiger partial charge in [-0.15, -0.1) is 0 Å². The standard InChI is InChI=1S/C14H21N3O2/c1-10-9-15-11(2)14(16-10)17-7-5-12(6-8-17)3-4-13(18)19/h9,12H,3-8H2,1-2H3,(H,18,19). The molecule has 2 rings (SSSR count). The lowest BCUT2D eigenvalue weighted by atomic mass is 9.92. The molecule has 5 heteroatoms. The van der Waals surface area contributed by atoms with Crippen LogP contribution in [0.15, 0.2) is 6.20 Å². The van der Waals surface area contributed by atoms with Crippen molar-refractivity contribution in [2.45, 2.75) is 39.5 Å². The largest absolute Gasteiger partial charge is 0.481 e. The number of hydrogen-bond donors (Lipinski definition) is 1. The highest BCUT2D eigenvalue weighted by atomic mass is 16.4. The minimum Gasteiger partial charge on any atom is -0.481 e. The third kappa shape index (κ3) is 3.66. The predicted octanol–water partition coefficient (Wildman–Crippen LogP) is 2.17. The summed E-state index contributed by atoms with van der Waals surface area (Å²) in [4.78, 5) is 21.8. The molecular formula is C14H21N3O2. The summed E-state index contributed by atoms with van der Waals surface area (Å²) in [6.07, 6.45) is 4.96. The molecule has 0 atom stereocenters. The molecule has 0 unspecified atom stereocenters. The van der Waals surface area contributed by atoms with E-state index in [1.807, 2.05) is 13.8 Å². The lowest BCUT2D eigenvalue weighted by Crippen LogP contribution is -2.35. The molecule has 1 aromatic heterocycles. The summed E-state index contributed by atoms with van der Waals surface area (Å²) in [6, 6.07) is 0. The Morgan fingerprint density at radius 3 is 2.74 bits per heavy atom. The second-order valence-electron chi connectivity index (χ2n) is 5.28. The molecular weight excluding hydrogens is 242 g/mol. The zero-order valence-corrected chi connectivity index (χ0v) is 11.6. The molecule has 0 bridgehead atoms. The fourth-order valence-electron chi connectivity index (χ4n) is 2.59. The molecule has 1 aromatic rings. The van der Waals surface area contributed by atoms with Gasteiger partial charge in [-0.3, -0.25) is 9.78 Å². The predicted molar refractivity (Wildman–Crippen MR) is 73.3 cm³/mol. The van der Waals surface area contributed by atoms with Gasteiger partial charge in [0.15, 0.2) is 0 Å². The van der Waals surface area contributed by atoms with Gasteiger partial charge in [-0.05, 0) is 39.0 Å². The summed E-state index contributed by atoms with van der Waals surface area (Å²) in [5, 5.41) is 8.71. The van der Waals surface area contributed by atoms with E-state index in [0.717, 1.165) is 49.6 Å². The number of aliphatic carboxylic acids is 1. The number of anilines is 1. The first kappa shape index (κ1) is 13.8. The Morgan fingerprint density at radius 2 is 2.11 bits per heavy atom. The van der Waals surface area contributed by atoms with E-state index < -0.39 is 5.97 Å². The molecule has 0 saturated carbocycles. The molecule has 0 spiro atoms. The van der Waals surface area contributed by atoms with Crippen molar-refractivity contribution in [3.8, 4) is 0 Å². The molecule has 104 valence electrons. The SMILES string of the molecule is Cc1cnc(C)c(N2CCC(CCC(=O)O)CC2)n1. The molecule has 0 aliphatic carbocycles. The summed E-state index contributed by atoms with van der Waals surface area (Å²) < 4.78 is 0. The summed E-state index contributed by atoms with van der Waals surface area (Å²) >= 11 is 0. The molecule has 19 heavy (non-hydrogen) atoms. The van der Waals surface area contributed by atoms with Gasteiger partial charge in [0, 0.05) is 25.7 Å². The number of aryl methyl sites for hydroxylation is 2. The van der Waals surface area contributed by atoms with Crippen molar-refractivity contribution in [2.75, 3.05) is 18.0 Å². The van der Waals surface area contributed by atoms with Crippen LogP contribution in [0.4, 0.5) is 5.82 Å². The first-order valence-electron chi connectivity index (χ1n) is 6.83. The average Bonchev–Trinajstić information content (AvgIpc) is 2.40. The first-order chi connectivity index (χ1) is 9.06. The minimum absolute atomic E-state index is 0.286. The number of rotatable bonds is 4. The summed E-state index contributed by atoms with van der Waals surface area (Å²) in [5.41, 5.74) is 1.91. The fraction of sp³-hybridized carbons (Fsp3) is 0.643. The fourth-order valence-corrected chi connectivity index (χ4v) is 2.59. The number of carboxylic acid groups (broad SMARTS) is 1. The highest BCUT2D eigenvalue weighted by Gasteiger charge is 2.22. The van der Waals surface area contributed by atoms with Crippen LogP contribution in [-0.4, -0.2) is 34.1 Å². The third-order valence-electron chi connectivity index (χ3n) is 3.73. The number of aromatic nitrogens is 2. The van der Waals surface area contributed by atoms with Gasteiger partial charge in [0.1, 0.15) is 5.82 Å². The van der Waals surface area contributed by atoms with E-state index in [2.05, 4.69) is 14.9 Å². The van der Waals surface area contributed by atoms with Crippen molar-refractivity contribution in [1.29, 1.82) is 0 Å². The van der Waals surface area contributed by atoms with Crippen molar-refractivity contribution in [2.24, 2.45) is 5.92 Å². The molecule has 0 aromatic carbocycles. The number of piperidine rings is 1. The quantitative estimate of drug-likeness (QED) is 0.901. The Balaban J connectivity index is 1.92. The van der Waals surface area contributed by atoms with E-state index >= 15 is 0 Å². The molecule has 0 radical (unpaired) electrons. The highest BCUT2D eigenvalue weighted by molar-refractivity contribution is 5.66. The Morgan fingerprint density at radius 1 is 1.42 bits per heavy atom. The van der Waals surface area contributed by atoms with Gasteiger partial charge in [0.2, 0.25) is 0 Å². The molecule has 1 fully saturated rings. The molecule has 1 aliphatic heterocycles. The van der Waals surface area contributed by atoms with Crippen LogP contribution in [0.5, 0.6) is 0 Å². The maximum Gasteiger partial charge on any atom is 0.303 e. The summed E-state index contributed by atoms with van der Waals surface area (Å²) in [6.45, 7) is 5.83. The van der Waals surface area contributed by atoms with E-state index in [1.165, 1.54) is 0 Å². The topological polar surface area (TPSA) is 66.3 Å². The van der Waals surface area contributed by atoms with Crippen molar-refractivity contribution < 1.29 is 9.90 Å². The zero-order valence-electron chi connectivity index (χ0n) is 11.6. The Labute approximate surface area is 113 Å². The molecule has 0 amide bonds. The van der Waals surface area contributed by atoms with Crippen LogP contribution in [0.3, 0.4) is 0 Å². The van der Waals surface area contributed by atoms with Crippen LogP contribution in [0, 0.1) is 19.8 Å². The van der Waals surface area contributed by atoms with E-state index in [0.29, 0.717) is 5.92 Å². The average molecular weight is 263 g/mol. The van der Waals surface area contributed by atoms with Gasteiger partial charge in [-0.25, -0.2) is 4.98 Å². The van der Waals surface area contributed by atoms with Gasteiger partial charge in [-0.2, -0.15) is 0 Å². The first-order valence-corrected chi connectivity index (χ1v) is 6.83. The second kappa shape index (κ2) is 5.99. The van der Waals surface area contributed by atoms with Crippen LogP contribution in [0.2, 0.25) is 0 Å². The third-order valence-corrected chi connectivity index (χ3v) is 3.73. The maximum atomic E-state index is 10.6. The Bertz CT molecular complexity index is 454. The molecule has 5 nitrogen and oxygen atoms in total. The van der Waals surface area contributed by atoms with Gasteiger partial charge >= 0.3 is 5.97 Å². The molecule has 1 N–H and O–H groups in total.